The number of piperidine rings is 1. The van der Waals surface area contributed by atoms with Crippen molar-refractivity contribution in [3.05, 3.63) is 42.0 Å². The minimum Gasteiger partial charge on any atom is -0.392 e. The van der Waals surface area contributed by atoms with Gasteiger partial charge < -0.3 is 5.11 Å². The Balaban J connectivity index is 2.42. The highest BCUT2D eigenvalue weighted by Gasteiger charge is 2.42. The second-order valence-corrected chi connectivity index (χ2v) is 8.85. The topological polar surface area (TPSA) is 57.6 Å². The lowest BCUT2D eigenvalue weighted by atomic mass is 9.84. The van der Waals surface area contributed by atoms with Crippen molar-refractivity contribution >= 4 is 10.0 Å². The lowest BCUT2D eigenvalue weighted by molar-refractivity contribution is 0.0291. The van der Waals surface area contributed by atoms with Gasteiger partial charge in [0.25, 0.3) is 0 Å². The van der Waals surface area contributed by atoms with Gasteiger partial charge in [-0.25, -0.2) is 8.42 Å². The van der Waals surface area contributed by atoms with Crippen LogP contribution in [0.15, 0.2) is 41.3 Å². The summed E-state index contributed by atoms with van der Waals surface area (Å²) in [6.07, 6.45) is -0.0929. The molecule has 0 bridgehead atoms. The van der Waals surface area contributed by atoms with Gasteiger partial charge in [-0.1, -0.05) is 43.7 Å². The van der Waals surface area contributed by atoms with E-state index in [9.17, 15) is 13.5 Å². The molecule has 3 atom stereocenters. The first kappa shape index (κ1) is 18.2. The molecule has 1 N–H and O–H groups in total. The Hall–Kier alpha value is -1.17. The molecule has 5 heteroatoms. The molecule has 1 aliphatic rings. The third-order valence-electron chi connectivity index (χ3n) is 4.72. The van der Waals surface area contributed by atoms with Crippen molar-refractivity contribution in [3.63, 3.8) is 0 Å². The molecule has 1 heterocycles. The molecule has 1 aromatic rings. The monoisotopic (exact) mass is 337 g/mol. The summed E-state index contributed by atoms with van der Waals surface area (Å²) in [6, 6.07) is 6.73. The second kappa shape index (κ2) is 6.75. The molecule has 1 aliphatic heterocycles. The van der Waals surface area contributed by atoms with E-state index in [1.165, 1.54) is 0 Å². The fraction of sp³-hybridized carbons (Fsp3) is 0.556. The Morgan fingerprint density at radius 3 is 2.35 bits per heavy atom. The van der Waals surface area contributed by atoms with Crippen LogP contribution in [0.25, 0.3) is 0 Å². The number of hydrogen-bond acceptors (Lipinski definition) is 3. The molecule has 0 amide bonds. The summed E-state index contributed by atoms with van der Waals surface area (Å²) in [5.74, 6) is -0.0823. The number of rotatable bonds is 4. The maximum Gasteiger partial charge on any atom is 0.243 e. The Morgan fingerprint density at radius 1 is 1.30 bits per heavy atom. The molecule has 0 aliphatic carbocycles. The first-order valence-corrected chi connectivity index (χ1v) is 9.50. The predicted molar refractivity (Wildman–Crippen MR) is 92.6 cm³/mol. The average molecular weight is 337 g/mol. The van der Waals surface area contributed by atoms with Gasteiger partial charge in [0.2, 0.25) is 10.0 Å². The number of aliphatic hydroxyl groups excluding tert-OH is 1. The Labute approximate surface area is 139 Å². The normalized spacial score (nSPS) is 26.4. The maximum absolute atomic E-state index is 13.1. The summed E-state index contributed by atoms with van der Waals surface area (Å²) in [7, 11) is -3.58. The molecule has 128 valence electrons. The van der Waals surface area contributed by atoms with Crippen LogP contribution in [0.5, 0.6) is 0 Å². The zero-order valence-electron chi connectivity index (χ0n) is 14.4. The molecular weight excluding hydrogens is 310 g/mol. The van der Waals surface area contributed by atoms with Crippen LogP contribution in [0.1, 0.15) is 32.8 Å². The molecule has 0 aromatic heterocycles. The molecular formula is C18H27NO3S. The van der Waals surface area contributed by atoms with Crippen LogP contribution in [0.4, 0.5) is 0 Å². The number of hydrogen-bond donors (Lipinski definition) is 1. The van der Waals surface area contributed by atoms with Gasteiger partial charge in [0.15, 0.2) is 0 Å². The van der Waals surface area contributed by atoms with Crippen LogP contribution in [0, 0.1) is 18.8 Å². The molecule has 1 aromatic carbocycles. The van der Waals surface area contributed by atoms with Crippen molar-refractivity contribution in [1.82, 2.24) is 4.31 Å². The average Bonchev–Trinajstić information content (AvgIpc) is 2.46. The van der Waals surface area contributed by atoms with Crippen molar-refractivity contribution < 1.29 is 13.5 Å². The fourth-order valence-corrected chi connectivity index (χ4v) is 4.98. The number of aliphatic hydroxyl groups is 1. The highest BCUT2D eigenvalue weighted by molar-refractivity contribution is 7.89. The minimum absolute atomic E-state index is 0.135. The molecule has 0 unspecified atom stereocenters. The largest absolute Gasteiger partial charge is 0.392 e. The summed E-state index contributed by atoms with van der Waals surface area (Å²) in [5, 5.41) is 10.4. The van der Waals surface area contributed by atoms with Crippen molar-refractivity contribution in [2.75, 3.05) is 6.54 Å². The van der Waals surface area contributed by atoms with Crippen LogP contribution in [0.2, 0.25) is 0 Å². The predicted octanol–water partition coefficient (Wildman–Crippen LogP) is 2.97. The van der Waals surface area contributed by atoms with E-state index in [1.54, 1.807) is 16.4 Å². The fourth-order valence-electron chi connectivity index (χ4n) is 3.19. The van der Waals surface area contributed by atoms with Gasteiger partial charge in [0, 0.05) is 18.5 Å². The number of aryl methyl sites for hydroxylation is 1. The van der Waals surface area contributed by atoms with Gasteiger partial charge in [-0.2, -0.15) is 4.31 Å². The minimum atomic E-state index is -3.58. The summed E-state index contributed by atoms with van der Waals surface area (Å²) in [5.41, 5.74) is 1.85. The highest BCUT2D eigenvalue weighted by atomic mass is 32.2. The van der Waals surface area contributed by atoms with Crippen LogP contribution in [-0.4, -0.2) is 36.5 Å². The number of benzene rings is 1. The third kappa shape index (κ3) is 3.67. The third-order valence-corrected chi connectivity index (χ3v) is 6.63. The van der Waals surface area contributed by atoms with Crippen LogP contribution in [0.3, 0.4) is 0 Å². The smallest absolute Gasteiger partial charge is 0.243 e. The van der Waals surface area contributed by atoms with E-state index in [0.29, 0.717) is 11.3 Å². The van der Waals surface area contributed by atoms with E-state index < -0.39 is 16.1 Å². The summed E-state index contributed by atoms with van der Waals surface area (Å²) in [6.45, 7) is 12.0. The van der Waals surface area contributed by atoms with Crippen LogP contribution < -0.4 is 0 Å². The van der Waals surface area contributed by atoms with Crippen molar-refractivity contribution in [3.8, 4) is 0 Å². The Kier molecular flexibility index (Phi) is 5.33. The van der Waals surface area contributed by atoms with E-state index in [0.717, 1.165) is 11.1 Å². The lowest BCUT2D eigenvalue weighted by Crippen LogP contribution is -2.54. The first-order valence-electron chi connectivity index (χ1n) is 8.06. The highest BCUT2D eigenvalue weighted by Crippen LogP contribution is 2.34. The van der Waals surface area contributed by atoms with E-state index in [1.807, 2.05) is 39.8 Å². The molecule has 0 spiro atoms. The van der Waals surface area contributed by atoms with Crippen molar-refractivity contribution in [2.45, 2.75) is 51.2 Å². The summed E-state index contributed by atoms with van der Waals surface area (Å²) >= 11 is 0. The molecule has 1 fully saturated rings. The van der Waals surface area contributed by atoms with Gasteiger partial charge in [0.1, 0.15) is 0 Å². The SMILES string of the molecule is C=C(C)[C@H]1CN(S(=O)(=O)c2ccc(C)cc2)[C@@H](C(C)C)C[C@@H]1O. The zero-order chi connectivity index (χ0) is 17.4. The van der Waals surface area contributed by atoms with Crippen LogP contribution >= 0.6 is 0 Å². The van der Waals surface area contributed by atoms with E-state index in [2.05, 4.69) is 6.58 Å². The quantitative estimate of drug-likeness (QED) is 0.859. The molecule has 1 saturated heterocycles. The van der Waals surface area contributed by atoms with Gasteiger partial charge >= 0.3 is 0 Å². The van der Waals surface area contributed by atoms with Crippen molar-refractivity contribution in [2.24, 2.45) is 11.8 Å². The molecule has 4 nitrogen and oxygen atoms in total. The number of sulfonamides is 1. The standard InChI is InChI=1S/C18H27NO3S/c1-12(2)16-11-19(17(13(3)4)10-18(16)20)23(21,22)15-8-6-14(5)7-9-15/h6-9,13,16-18,20H,1,10-11H2,2-5H3/t16-,17-,18+/m1/s1. The lowest BCUT2D eigenvalue weighted by Gasteiger charge is -2.43. The van der Waals surface area contributed by atoms with Gasteiger partial charge in [0.05, 0.1) is 11.0 Å². The summed E-state index contributed by atoms with van der Waals surface area (Å²) in [4.78, 5) is 0.311. The second-order valence-electron chi connectivity index (χ2n) is 6.96. The molecule has 2 rings (SSSR count). The number of nitrogens with zero attached hydrogens (tertiary/aromatic N) is 1. The first-order chi connectivity index (χ1) is 10.6. The Bertz CT molecular complexity index is 664. The molecule has 23 heavy (non-hydrogen) atoms. The zero-order valence-corrected chi connectivity index (χ0v) is 15.2. The van der Waals surface area contributed by atoms with E-state index >= 15 is 0 Å². The van der Waals surface area contributed by atoms with Gasteiger partial charge in [-0.15, -0.1) is 0 Å². The summed E-state index contributed by atoms with van der Waals surface area (Å²) < 4.78 is 27.8. The van der Waals surface area contributed by atoms with Gasteiger partial charge in [-0.05, 0) is 38.3 Å². The van der Waals surface area contributed by atoms with E-state index in [-0.39, 0.29) is 24.4 Å². The molecule has 0 radical (unpaired) electrons. The van der Waals surface area contributed by atoms with E-state index in [4.69, 9.17) is 0 Å². The maximum atomic E-state index is 13.1. The van der Waals surface area contributed by atoms with Gasteiger partial charge in [-0.3, -0.25) is 0 Å². The van der Waals surface area contributed by atoms with Crippen LogP contribution in [-0.2, 0) is 10.0 Å². The molecule has 0 saturated carbocycles. The Morgan fingerprint density at radius 2 is 1.87 bits per heavy atom. The van der Waals surface area contributed by atoms with Crippen molar-refractivity contribution in [1.29, 1.82) is 0 Å².